The van der Waals surface area contributed by atoms with Gasteiger partial charge in [0.15, 0.2) is 11.5 Å². The number of rotatable bonds is 5. The van der Waals surface area contributed by atoms with Crippen molar-refractivity contribution in [3.05, 3.63) is 30.6 Å². The molecule has 154 valence electrons. The Morgan fingerprint density at radius 3 is 2.45 bits per heavy atom. The topological polar surface area (TPSA) is 97.7 Å². The zero-order chi connectivity index (χ0) is 20.1. The van der Waals surface area contributed by atoms with E-state index in [4.69, 9.17) is 9.47 Å². The average molecular weight is 399 g/mol. The Morgan fingerprint density at radius 1 is 0.931 bits per heavy atom. The number of anilines is 2. The van der Waals surface area contributed by atoms with Crippen molar-refractivity contribution in [2.45, 2.75) is 25.8 Å². The second-order valence-electron chi connectivity index (χ2n) is 7.16. The van der Waals surface area contributed by atoms with Crippen molar-refractivity contribution in [2.75, 3.05) is 43.5 Å². The summed E-state index contributed by atoms with van der Waals surface area (Å²) in [5.74, 6) is -0.349. The molecular weight excluding hydrogens is 374 g/mol. The van der Waals surface area contributed by atoms with E-state index in [1.165, 1.54) is 19.3 Å². The van der Waals surface area contributed by atoms with Crippen molar-refractivity contribution >= 4 is 23.2 Å². The molecule has 0 bridgehead atoms. The predicted molar refractivity (Wildman–Crippen MR) is 107 cm³/mol. The third-order valence-corrected chi connectivity index (χ3v) is 4.99. The summed E-state index contributed by atoms with van der Waals surface area (Å²) in [6.07, 6.45) is 7.09. The number of carbonyl (C=O) groups excluding carboxylic acids is 2. The molecule has 2 aliphatic heterocycles. The Kier molecular flexibility index (Phi) is 5.95. The number of fused-ring (bicyclic) bond motifs is 1. The number of ether oxygens (including phenoxy) is 2. The van der Waals surface area contributed by atoms with Crippen LogP contribution in [0.25, 0.3) is 0 Å². The molecule has 1 aromatic heterocycles. The van der Waals surface area contributed by atoms with Gasteiger partial charge in [0.1, 0.15) is 13.2 Å². The summed E-state index contributed by atoms with van der Waals surface area (Å²) in [4.78, 5) is 26.8. The van der Waals surface area contributed by atoms with Crippen molar-refractivity contribution < 1.29 is 19.1 Å². The lowest BCUT2D eigenvalue weighted by Crippen LogP contribution is -2.32. The van der Waals surface area contributed by atoms with E-state index in [2.05, 4.69) is 20.6 Å². The Bertz CT molecular complexity index is 876. The number of nitrogens with one attached hydrogen (secondary N) is 2. The monoisotopic (exact) mass is 399 g/mol. The minimum absolute atomic E-state index is 0.451. The van der Waals surface area contributed by atoms with Gasteiger partial charge in [0.05, 0.1) is 18.4 Å². The van der Waals surface area contributed by atoms with Gasteiger partial charge in [-0.05, 0) is 38.1 Å². The van der Waals surface area contributed by atoms with Crippen LogP contribution in [0.2, 0.25) is 0 Å². The van der Waals surface area contributed by atoms with Gasteiger partial charge in [0, 0.05) is 24.5 Å². The van der Waals surface area contributed by atoms with Gasteiger partial charge in [0.25, 0.3) is 0 Å². The first-order chi connectivity index (χ1) is 14.2. The van der Waals surface area contributed by atoms with E-state index in [0.717, 1.165) is 26.2 Å². The minimum atomic E-state index is -0.761. The number of nitrogens with zero attached hydrogens (tertiary/aromatic N) is 3. The molecule has 2 amide bonds. The van der Waals surface area contributed by atoms with Crippen LogP contribution < -0.4 is 20.1 Å². The number of aromatic nitrogens is 2. The third kappa shape index (κ3) is 5.05. The second-order valence-corrected chi connectivity index (χ2v) is 7.16. The van der Waals surface area contributed by atoms with Crippen LogP contribution in [0.1, 0.15) is 19.3 Å². The Balaban J connectivity index is 1.27. The highest BCUT2D eigenvalue weighted by Gasteiger charge is 2.17. The highest BCUT2D eigenvalue weighted by molar-refractivity contribution is 6.43. The molecule has 4 rings (SSSR count). The molecule has 3 heterocycles. The average Bonchev–Trinajstić information content (AvgIpc) is 3.20. The van der Waals surface area contributed by atoms with E-state index in [-0.39, 0.29) is 0 Å². The van der Waals surface area contributed by atoms with Crippen LogP contribution in [0, 0.1) is 0 Å². The highest BCUT2D eigenvalue weighted by Crippen LogP contribution is 2.32. The maximum atomic E-state index is 12.2. The maximum Gasteiger partial charge on any atom is 0.314 e. The molecule has 9 heteroatoms. The summed E-state index contributed by atoms with van der Waals surface area (Å²) in [6.45, 7) is 4.88. The zero-order valence-corrected chi connectivity index (χ0v) is 16.2. The molecule has 0 unspecified atom stereocenters. The van der Waals surface area contributed by atoms with Crippen LogP contribution >= 0.6 is 0 Å². The summed E-state index contributed by atoms with van der Waals surface area (Å²) in [5.41, 5.74) is 0.956. The van der Waals surface area contributed by atoms with E-state index in [9.17, 15) is 9.59 Å². The molecule has 0 radical (unpaired) electrons. The largest absolute Gasteiger partial charge is 0.486 e. The molecule has 1 fully saturated rings. The summed E-state index contributed by atoms with van der Waals surface area (Å²) < 4.78 is 12.7. The Labute approximate surface area is 169 Å². The molecule has 1 saturated heterocycles. The first kappa shape index (κ1) is 19.3. The number of amides is 2. The van der Waals surface area contributed by atoms with Gasteiger partial charge in [-0.15, -0.1) is 0 Å². The normalized spacial score (nSPS) is 16.3. The lowest BCUT2D eigenvalue weighted by molar-refractivity contribution is -0.133. The molecule has 29 heavy (non-hydrogen) atoms. The number of piperidine rings is 1. The van der Waals surface area contributed by atoms with Crippen LogP contribution in [-0.2, 0) is 16.1 Å². The van der Waals surface area contributed by atoms with Gasteiger partial charge in [-0.3, -0.25) is 14.3 Å². The smallest absolute Gasteiger partial charge is 0.314 e. The van der Waals surface area contributed by atoms with Crippen LogP contribution in [0.4, 0.5) is 11.4 Å². The molecule has 0 saturated carbocycles. The molecule has 2 aliphatic rings. The number of likely N-dealkylation sites (tertiary alicyclic amines) is 1. The lowest BCUT2D eigenvalue weighted by Gasteiger charge is -2.26. The SMILES string of the molecule is O=C(Nc1ccc2c(c1)OCCO2)C(=O)Nc1cnn(CCN2CCCCC2)c1. The first-order valence-electron chi connectivity index (χ1n) is 9.94. The molecule has 0 atom stereocenters. The fourth-order valence-electron chi connectivity index (χ4n) is 3.47. The van der Waals surface area contributed by atoms with Crippen molar-refractivity contribution in [2.24, 2.45) is 0 Å². The van der Waals surface area contributed by atoms with Crippen LogP contribution in [0.3, 0.4) is 0 Å². The zero-order valence-electron chi connectivity index (χ0n) is 16.2. The second kappa shape index (κ2) is 8.95. The highest BCUT2D eigenvalue weighted by atomic mass is 16.6. The van der Waals surface area contributed by atoms with Crippen LogP contribution in [-0.4, -0.2) is 59.3 Å². The van der Waals surface area contributed by atoms with Gasteiger partial charge in [-0.1, -0.05) is 6.42 Å². The van der Waals surface area contributed by atoms with E-state index in [1.54, 1.807) is 35.3 Å². The van der Waals surface area contributed by atoms with E-state index in [0.29, 0.717) is 36.1 Å². The fraction of sp³-hybridized carbons (Fsp3) is 0.450. The fourth-order valence-corrected chi connectivity index (χ4v) is 3.47. The van der Waals surface area contributed by atoms with Gasteiger partial charge < -0.3 is 25.0 Å². The molecule has 1 aromatic carbocycles. The summed E-state index contributed by atoms with van der Waals surface area (Å²) >= 11 is 0. The standard InChI is InChI=1S/C20H25N5O4/c26-19(22-15-4-5-17-18(12-15)29-11-10-28-17)20(27)23-16-13-21-25(14-16)9-8-24-6-2-1-3-7-24/h4-5,12-14H,1-3,6-11H2,(H,22,26)(H,23,27). The number of benzene rings is 1. The number of hydrogen-bond acceptors (Lipinski definition) is 6. The molecule has 2 N–H and O–H groups in total. The summed E-state index contributed by atoms with van der Waals surface area (Å²) in [5, 5.41) is 9.40. The third-order valence-electron chi connectivity index (χ3n) is 4.99. The molecule has 0 aliphatic carbocycles. The quantitative estimate of drug-likeness (QED) is 0.743. The first-order valence-corrected chi connectivity index (χ1v) is 9.94. The molecule has 9 nitrogen and oxygen atoms in total. The van der Waals surface area contributed by atoms with Gasteiger partial charge in [-0.25, -0.2) is 0 Å². The van der Waals surface area contributed by atoms with Gasteiger partial charge in [0.2, 0.25) is 0 Å². The Morgan fingerprint density at radius 2 is 1.66 bits per heavy atom. The van der Waals surface area contributed by atoms with E-state index in [1.807, 2.05) is 0 Å². The molecular formula is C20H25N5O4. The number of carbonyl (C=O) groups is 2. The van der Waals surface area contributed by atoms with Crippen LogP contribution in [0.15, 0.2) is 30.6 Å². The summed E-state index contributed by atoms with van der Waals surface area (Å²) in [6, 6.07) is 5.00. The van der Waals surface area contributed by atoms with Crippen molar-refractivity contribution in [1.29, 1.82) is 0 Å². The van der Waals surface area contributed by atoms with Crippen LogP contribution in [0.5, 0.6) is 11.5 Å². The van der Waals surface area contributed by atoms with Gasteiger partial charge in [-0.2, -0.15) is 5.10 Å². The molecule has 2 aromatic rings. The van der Waals surface area contributed by atoms with E-state index < -0.39 is 11.8 Å². The van der Waals surface area contributed by atoms with Crippen molar-refractivity contribution in [3.8, 4) is 11.5 Å². The maximum absolute atomic E-state index is 12.2. The van der Waals surface area contributed by atoms with Gasteiger partial charge >= 0.3 is 11.8 Å². The predicted octanol–water partition coefficient (Wildman–Crippen LogP) is 1.72. The van der Waals surface area contributed by atoms with E-state index >= 15 is 0 Å². The lowest BCUT2D eigenvalue weighted by atomic mass is 10.1. The Hall–Kier alpha value is -3.07. The molecule has 0 spiro atoms. The van der Waals surface area contributed by atoms with Crippen molar-refractivity contribution in [1.82, 2.24) is 14.7 Å². The summed E-state index contributed by atoms with van der Waals surface area (Å²) in [7, 11) is 0. The number of hydrogen-bond donors (Lipinski definition) is 2. The van der Waals surface area contributed by atoms with Crippen molar-refractivity contribution in [3.63, 3.8) is 0 Å². The minimum Gasteiger partial charge on any atom is -0.486 e.